The first-order chi connectivity index (χ1) is 10.8. The lowest BCUT2D eigenvalue weighted by Gasteiger charge is -2.38. The number of oxime groups is 1. The minimum Gasteiger partial charge on any atom is -0.468 e. The van der Waals surface area contributed by atoms with Crippen molar-refractivity contribution in [2.45, 2.75) is 40.0 Å². The average Bonchev–Trinajstić information content (AvgIpc) is 2.45. The van der Waals surface area contributed by atoms with Gasteiger partial charge in [-0.3, -0.25) is 14.4 Å². The Labute approximate surface area is 136 Å². The van der Waals surface area contributed by atoms with Crippen molar-refractivity contribution in [2.75, 3.05) is 13.7 Å². The van der Waals surface area contributed by atoms with Gasteiger partial charge in [0, 0.05) is 6.42 Å². The zero-order valence-electron chi connectivity index (χ0n) is 14.3. The van der Waals surface area contributed by atoms with Gasteiger partial charge in [-0.05, 0) is 11.8 Å². The van der Waals surface area contributed by atoms with Crippen molar-refractivity contribution < 1.29 is 24.0 Å². The maximum Gasteiger partial charge on any atom is 0.316 e. The summed E-state index contributed by atoms with van der Waals surface area (Å²) in [5, 5.41) is 3.95. The summed E-state index contributed by atoms with van der Waals surface area (Å²) in [6, 6.07) is 0. The lowest BCUT2D eigenvalue weighted by Crippen LogP contribution is -2.52. The van der Waals surface area contributed by atoms with Crippen molar-refractivity contribution in [3.05, 3.63) is 12.7 Å². The standard InChI is InChI=1S/C17H25NO5/c1-6-8-11(18-23-9-7-2)13-12(19)10-17(3,4)14(15(13)20)16(21)22-5/h7,13-14H,2,6,8-10H2,1,3-5H3/b18-11-/t13-,14+/m1/s1. The third kappa shape index (κ3) is 4.27. The van der Waals surface area contributed by atoms with E-state index in [1.54, 1.807) is 13.8 Å². The topological polar surface area (TPSA) is 82.0 Å². The third-order valence-electron chi connectivity index (χ3n) is 3.95. The molecule has 23 heavy (non-hydrogen) atoms. The number of Topliss-reactive ketones (excluding diaryl/α,β-unsaturated/α-hetero) is 2. The summed E-state index contributed by atoms with van der Waals surface area (Å²) < 4.78 is 4.76. The van der Waals surface area contributed by atoms with Crippen molar-refractivity contribution in [3.63, 3.8) is 0 Å². The first kappa shape index (κ1) is 19.1. The fourth-order valence-corrected chi connectivity index (χ4v) is 2.94. The van der Waals surface area contributed by atoms with Crippen LogP contribution in [0.1, 0.15) is 40.0 Å². The molecule has 0 amide bonds. The lowest BCUT2D eigenvalue weighted by molar-refractivity contribution is -0.159. The van der Waals surface area contributed by atoms with Gasteiger partial charge in [-0.1, -0.05) is 45.0 Å². The molecule has 0 aromatic heterocycles. The highest BCUT2D eigenvalue weighted by Gasteiger charge is 2.53. The van der Waals surface area contributed by atoms with Crippen LogP contribution in [0.3, 0.4) is 0 Å². The molecule has 1 rings (SSSR count). The third-order valence-corrected chi connectivity index (χ3v) is 3.95. The highest BCUT2D eigenvalue weighted by molar-refractivity contribution is 6.26. The van der Waals surface area contributed by atoms with Crippen molar-refractivity contribution >= 4 is 23.2 Å². The van der Waals surface area contributed by atoms with Crippen LogP contribution in [0.5, 0.6) is 0 Å². The fraction of sp³-hybridized carbons (Fsp3) is 0.647. The Hall–Kier alpha value is -1.98. The van der Waals surface area contributed by atoms with Crippen LogP contribution in [-0.2, 0) is 24.0 Å². The number of carbonyl (C=O) groups excluding carboxylic acids is 3. The number of nitrogens with zero attached hydrogens (tertiary/aromatic N) is 1. The molecule has 128 valence electrons. The number of hydrogen-bond donors (Lipinski definition) is 0. The van der Waals surface area contributed by atoms with Gasteiger partial charge in [-0.2, -0.15) is 0 Å². The summed E-state index contributed by atoms with van der Waals surface area (Å²) in [5.74, 6) is -3.30. The molecule has 1 saturated carbocycles. The fourth-order valence-electron chi connectivity index (χ4n) is 2.94. The van der Waals surface area contributed by atoms with Crippen molar-refractivity contribution in [2.24, 2.45) is 22.4 Å². The molecule has 1 fully saturated rings. The molecule has 1 aliphatic rings. The minimum absolute atomic E-state index is 0.118. The van der Waals surface area contributed by atoms with Crippen LogP contribution >= 0.6 is 0 Å². The summed E-state index contributed by atoms with van der Waals surface area (Å²) in [7, 11) is 1.24. The molecule has 0 saturated heterocycles. The number of methoxy groups -OCH3 is 1. The second-order valence-electron chi connectivity index (χ2n) is 6.34. The smallest absolute Gasteiger partial charge is 0.316 e. The van der Waals surface area contributed by atoms with E-state index in [1.165, 1.54) is 13.2 Å². The monoisotopic (exact) mass is 323 g/mol. The van der Waals surface area contributed by atoms with E-state index in [2.05, 4.69) is 11.7 Å². The van der Waals surface area contributed by atoms with E-state index >= 15 is 0 Å². The van der Waals surface area contributed by atoms with Gasteiger partial charge in [0.15, 0.2) is 5.78 Å². The maximum absolute atomic E-state index is 12.8. The van der Waals surface area contributed by atoms with Crippen LogP contribution in [0.15, 0.2) is 17.8 Å². The van der Waals surface area contributed by atoms with Crippen LogP contribution in [0.2, 0.25) is 0 Å². The maximum atomic E-state index is 12.8. The predicted molar refractivity (Wildman–Crippen MR) is 85.9 cm³/mol. The molecule has 0 aliphatic heterocycles. The molecule has 0 bridgehead atoms. The van der Waals surface area contributed by atoms with E-state index in [0.29, 0.717) is 18.6 Å². The minimum atomic E-state index is -1.03. The number of hydrogen-bond acceptors (Lipinski definition) is 6. The largest absolute Gasteiger partial charge is 0.468 e. The van der Waals surface area contributed by atoms with E-state index in [1.807, 2.05) is 6.92 Å². The van der Waals surface area contributed by atoms with E-state index in [0.717, 1.165) is 0 Å². The van der Waals surface area contributed by atoms with E-state index < -0.39 is 29.0 Å². The van der Waals surface area contributed by atoms with Gasteiger partial charge in [0.1, 0.15) is 24.2 Å². The van der Waals surface area contributed by atoms with Gasteiger partial charge in [0.05, 0.1) is 12.8 Å². The normalized spacial score (nSPS) is 24.3. The van der Waals surface area contributed by atoms with E-state index in [4.69, 9.17) is 9.57 Å². The van der Waals surface area contributed by atoms with Gasteiger partial charge >= 0.3 is 5.97 Å². The molecule has 0 unspecified atom stereocenters. The zero-order chi connectivity index (χ0) is 17.6. The Morgan fingerprint density at radius 1 is 1.43 bits per heavy atom. The first-order valence-electron chi connectivity index (χ1n) is 7.74. The number of carbonyl (C=O) groups is 3. The Morgan fingerprint density at radius 2 is 2.09 bits per heavy atom. The second kappa shape index (κ2) is 8.04. The van der Waals surface area contributed by atoms with E-state index in [9.17, 15) is 14.4 Å². The van der Waals surface area contributed by atoms with Crippen LogP contribution < -0.4 is 0 Å². The number of esters is 1. The summed E-state index contributed by atoms with van der Waals surface area (Å²) >= 11 is 0. The second-order valence-corrected chi connectivity index (χ2v) is 6.34. The Balaban J connectivity index is 3.19. The van der Waals surface area contributed by atoms with Crippen molar-refractivity contribution in [3.8, 4) is 0 Å². The SMILES string of the molecule is C=CCO/N=C(/CCC)[C@@H]1C(=O)CC(C)(C)[C@H](C(=O)OC)C1=O. The molecule has 0 heterocycles. The van der Waals surface area contributed by atoms with Crippen molar-refractivity contribution in [1.29, 1.82) is 0 Å². The number of ketones is 2. The lowest BCUT2D eigenvalue weighted by atomic mass is 9.63. The van der Waals surface area contributed by atoms with Gasteiger partial charge in [-0.15, -0.1) is 0 Å². The molecule has 6 heteroatoms. The van der Waals surface area contributed by atoms with Crippen LogP contribution in [-0.4, -0.2) is 37.0 Å². The predicted octanol–water partition coefficient (Wildman–Crippen LogP) is 2.32. The summed E-state index contributed by atoms with van der Waals surface area (Å²) in [4.78, 5) is 42.4. The number of rotatable bonds is 7. The number of ether oxygens (including phenoxy) is 1. The van der Waals surface area contributed by atoms with E-state index in [-0.39, 0.29) is 18.8 Å². The summed E-state index contributed by atoms with van der Waals surface area (Å²) in [6.07, 6.45) is 2.80. The molecule has 0 spiro atoms. The molecule has 0 aromatic rings. The van der Waals surface area contributed by atoms with Crippen LogP contribution in [0.25, 0.3) is 0 Å². The summed E-state index contributed by atoms with van der Waals surface area (Å²) in [5.41, 5.74) is -0.398. The molecule has 2 atom stereocenters. The van der Waals surface area contributed by atoms with Gasteiger partial charge in [0.25, 0.3) is 0 Å². The zero-order valence-corrected chi connectivity index (χ0v) is 14.3. The van der Waals surface area contributed by atoms with Gasteiger partial charge in [-0.25, -0.2) is 0 Å². The molecule has 0 radical (unpaired) electrons. The summed E-state index contributed by atoms with van der Waals surface area (Å²) in [6.45, 7) is 9.09. The van der Waals surface area contributed by atoms with Crippen LogP contribution in [0.4, 0.5) is 0 Å². The first-order valence-corrected chi connectivity index (χ1v) is 7.74. The molecule has 6 nitrogen and oxygen atoms in total. The van der Waals surface area contributed by atoms with Crippen LogP contribution in [0, 0.1) is 17.3 Å². The quantitative estimate of drug-likeness (QED) is 0.179. The average molecular weight is 323 g/mol. The van der Waals surface area contributed by atoms with Gasteiger partial charge in [0.2, 0.25) is 0 Å². The van der Waals surface area contributed by atoms with Gasteiger partial charge < -0.3 is 9.57 Å². The molecular formula is C17H25NO5. The molecule has 1 aliphatic carbocycles. The van der Waals surface area contributed by atoms with Crippen molar-refractivity contribution in [1.82, 2.24) is 0 Å². The molecule has 0 N–H and O–H groups in total. The molecule has 0 aromatic carbocycles. The molecular weight excluding hydrogens is 298 g/mol. The Morgan fingerprint density at radius 3 is 2.61 bits per heavy atom. The highest BCUT2D eigenvalue weighted by atomic mass is 16.6. The Kier molecular flexibility index (Phi) is 6.66. The Bertz CT molecular complexity index is 521. The highest BCUT2D eigenvalue weighted by Crippen LogP contribution is 2.40.